The van der Waals surface area contributed by atoms with Gasteiger partial charge >= 0.3 is 0 Å². The van der Waals surface area contributed by atoms with E-state index in [4.69, 9.17) is 11.6 Å². The van der Waals surface area contributed by atoms with Crippen LogP contribution in [0.5, 0.6) is 0 Å². The topological polar surface area (TPSA) is 46.9 Å². The lowest BCUT2D eigenvalue weighted by Crippen LogP contribution is -2.35. The number of aryl methyl sites for hydroxylation is 1. The molecule has 1 atom stereocenters. The summed E-state index contributed by atoms with van der Waals surface area (Å²) in [5.41, 5.74) is 1.73. The normalized spacial score (nSPS) is 18.3. The molecule has 0 aromatic carbocycles. The van der Waals surface area contributed by atoms with Crippen LogP contribution in [0.4, 0.5) is 0 Å². The Hall–Kier alpha value is -1.03. The van der Waals surface area contributed by atoms with Crippen molar-refractivity contribution in [1.82, 2.24) is 15.1 Å². The first-order chi connectivity index (χ1) is 8.09. The summed E-state index contributed by atoms with van der Waals surface area (Å²) in [6.45, 7) is 1.92. The fraction of sp³-hybridized carbons (Fsp3) is 0.667. The van der Waals surface area contributed by atoms with Crippen molar-refractivity contribution in [3.05, 3.63) is 17.5 Å². The molecule has 1 aromatic rings. The molecule has 1 fully saturated rings. The van der Waals surface area contributed by atoms with Crippen molar-refractivity contribution < 1.29 is 4.79 Å². The number of aromatic nitrogens is 2. The average molecular weight is 256 g/mol. The van der Waals surface area contributed by atoms with Gasteiger partial charge in [-0.3, -0.25) is 9.48 Å². The first kappa shape index (κ1) is 12.4. The molecule has 0 bridgehead atoms. The molecule has 1 unspecified atom stereocenters. The number of carbonyl (C=O) groups excluding carboxylic acids is 1. The maximum atomic E-state index is 12.0. The Morgan fingerprint density at radius 2 is 2.24 bits per heavy atom. The van der Waals surface area contributed by atoms with Gasteiger partial charge in [0.25, 0.3) is 0 Å². The Balaban J connectivity index is 2.01. The molecule has 17 heavy (non-hydrogen) atoms. The molecule has 1 N–H and O–H groups in total. The van der Waals surface area contributed by atoms with Crippen molar-refractivity contribution in [2.45, 2.75) is 44.0 Å². The fourth-order valence-corrected chi connectivity index (χ4v) is 2.53. The Bertz CT molecular complexity index is 410. The van der Waals surface area contributed by atoms with Crippen molar-refractivity contribution in [2.24, 2.45) is 7.05 Å². The summed E-state index contributed by atoms with van der Waals surface area (Å²) in [5.74, 6) is -0.102. The van der Waals surface area contributed by atoms with Gasteiger partial charge in [0.05, 0.1) is 6.20 Å². The predicted octanol–water partition coefficient (Wildman–Crippen LogP) is 2.07. The quantitative estimate of drug-likeness (QED) is 0.841. The van der Waals surface area contributed by atoms with Crippen molar-refractivity contribution >= 4 is 17.5 Å². The van der Waals surface area contributed by atoms with E-state index in [2.05, 4.69) is 10.4 Å². The van der Waals surface area contributed by atoms with E-state index in [-0.39, 0.29) is 5.91 Å². The zero-order valence-electron chi connectivity index (χ0n) is 10.2. The number of hydrogen-bond donors (Lipinski definition) is 1. The molecule has 0 aliphatic heterocycles. The smallest absolute Gasteiger partial charge is 0.242 e. The van der Waals surface area contributed by atoms with Gasteiger partial charge in [-0.05, 0) is 19.8 Å². The van der Waals surface area contributed by atoms with Gasteiger partial charge in [0.1, 0.15) is 5.38 Å². The summed E-state index contributed by atoms with van der Waals surface area (Å²) in [6.07, 6.45) is 6.21. The highest BCUT2D eigenvalue weighted by atomic mass is 35.5. The van der Waals surface area contributed by atoms with Gasteiger partial charge in [0, 0.05) is 24.3 Å². The Labute approximate surface area is 106 Å². The summed E-state index contributed by atoms with van der Waals surface area (Å²) in [6, 6.07) is 0.306. The summed E-state index contributed by atoms with van der Waals surface area (Å²) in [7, 11) is 1.84. The number of amides is 1. The van der Waals surface area contributed by atoms with E-state index in [0.717, 1.165) is 24.1 Å². The van der Waals surface area contributed by atoms with Crippen molar-refractivity contribution in [1.29, 1.82) is 0 Å². The number of alkyl halides is 1. The van der Waals surface area contributed by atoms with Gasteiger partial charge in [-0.25, -0.2) is 0 Å². The third kappa shape index (κ3) is 2.63. The van der Waals surface area contributed by atoms with Gasteiger partial charge < -0.3 is 5.32 Å². The van der Waals surface area contributed by atoms with Crippen molar-refractivity contribution in [2.75, 3.05) is 0 Å². The van der Waals surface area contributed by atoms with Crippen LogP contribution >= 0.6 is 11.6 Å². The highest BCUT2D eigenvalue weighted by Gasteiger charge is 2.25. The van der Waals surface area contributed by atoms with Crippen molar-refractivity contribution in [3.8, 4) is 0 Å². The summed E-state index contributed by atoms with van der Waals surface area (Å²) in [4.78, 5) is 12.0. The Morgan fingerprint density at radius 3 is 2.76 bits per heavy atom. The van der Waals surface area contributed by atoms with Crippen LogP contribution in [0.25, 0.3) is 0 Å². The molecule has 0 radical (unpaired) electrons. The maximum absolute atomic E-state index is 12.0. The number of hydrogen-bond acceptors (Lipinski definition) is 2. The second-order valence-corrected chi connectivity index (χ2v) is 5.10. The number of nitrogens with zero attached hydrogens (tertiary/aromatic N) is 2. The molecule has 94 valence electrons. The lowest BCUT2D eigenvalue weighted by Gasteiger charge is -2.15. The molecule has 5 heteroatoms. The third-order valence-electron chi connectivity index (χ3n) is 3.48. The first-order valence-corrected chi connectivity index (χ1v) is 6.46. The third-order valence-corrected chi connectivity index (χ3v) is 3.91. The SMILES string of the molecule is Cc1c(C(Cl)C(=O)NC2CCCC2)cnn1C. The maximum Gasteiger partial charge on any atom is 0.242 e. The number of nitrogens with one attached hydrogen (secondary N) is 1. The Kier molecular flexibility index (Phi) is 3.72. The van der Waals surface area contributed by atoms with Crippen LogP contribution in [0, 0.1) is 6.92 Å². The zero-order valence-corrected chi connectivity index (χ0v) is 11.0. The molecule has 4 nitrogen and oxygen atoms in total. The molecular formula is C12H18ClN3O. The molecule has 1 aliphatic carbocycles. The van der Waals surface area contributed by atoms with E-state index in [0.29, 0.717) is 6.04 Å². The number of rotatable bonds is 3. The molecule has 1 heterocycles. The van der Waals surface area contributed by atoms with Crippen LogP contribution in [0.15, 0.2) is 6.20 Å². The van der Waals surface area contributed by atoms with Crippen molar-refractivity contribution in [3.63, 3.8) is 0 Å². The average Bonchev–Trinajstić information content (AvgIpc) is 2.90. The second-order valence-electron chi connectivity index (χ2n) is 4.66. The highest BCUT2D eigenvalue weighted by Crippen LogP contribution is 2.25. The van der Waals surface area contributed by atoms with Gasteiger partial charge in [0.15, 0.2) is 0 Å². The van der Waals surface area contributed by atoms with E-state index in [1.165, 1.54) is 12.8 Å². The van der Waals surface area contributed by atoms with Crippen LogP contribution in [0.3, 0.4) is 0 Å². The van der Waals surface area contributed by atoms with Gasteiger partial charge in [-0.2, -0.15) is 5.10 Å². The molecule has 2 rings (SSSR count). The second kappa shape index (κ2) is 5.08. The lowest BCUT2D eigenvalue weighted by molar-refractivity contribution is -0.121. The lowest BCUT2D eigenvalue weighted by atomic mass is 10.1. The molecule has 0 saturated heterocycles. The minimum absolute atomic E-state index is 0.102. The monoisotopic (exact) mass is 255 g/mol. The van der Waals surface area contributed by atoms with E-state index in [1.807, 2.05) is 14.0 Å². The molecule has 0 spiro atoms. The standard InChI is InChI=1S/C12H18ClN3O/c1-8-10(7-14-16(8)2)11(13)12(17)15-9-5-3-4-6-9/h7,9,11H,3-6H2,1-2H3,(H,15,17). The van der Waals surface area contributed by atoms with Crippen LogP contribution in [0.2, 0.25) is 0 Å². The van der Waals surface area contributed by atoms with Crippen LogP contribution in [-0.2, 0) is 11.8 Å². The minimum atomic E-state index is -0.635. The first-order valence-electron chi connectivity index (χ1n) is 6.02. The van der Waals surface area contributed by atoms with Crippen LogP contribution in [0.1, 0.15) is 42.3 Å². The van der Waals surface area contributed by atoms with Gasteiger partial charge in [0.2, 0.25) is 5.91 Å². The molecule has 1 saturated carbocycles. The van der Waals surface area contributed by atoms with Gasteiger partial charge in [-0.1, -0.05) is 12.8 Å². The zero-order chi connectivity index (χ0) is 12.4. The minimum Gasteiger partial charge on any atom is -0.352 e. The summed E-state index contributed by atoms with van der Waals surface area (Å²) < 4.78 is 1.73. The molecule has 1 aromatic heterocycles. The predicted molar refractivity (Wildman–Crippen MR) is 66.9 cm³/mol. The Morgan fingerprint density at radius 1 is 1.59 bits per heavy atom. The van der Waals surface area contributed by atoms with E-state index < -0.39 is 5.38 Å². The molecular weight excluding hydrogens is 238 g/mol. The van der Waals surface area contributed by atoms with E-state index >= 15 is 0 Å². The van der Waals surface area contributed by atoms with Crippen LogP contribution < -0.4 is 5.32 Å². The van der Waals surface area contributed by atoms with E-state index in [9.17, 15) is 4.79 Å². The summed E-state index contributed by atoms with van der Waals surface area (Å²) >= 11 is 6.19. The molecule has 1 aliphatic rings. The van der Waals surface area contributed by atoms with E-state index in [1.54, 1.807) is 10.9 Å². The highest BCUT2D eigenvalue weighted by molar-refractivity contribution is 6.30. The largest absolute Gasteiger partial charge is 0.352 e. The summed E-state index contributed by atoms with van der Waals surface area (Å²) in [5, 5.41) is 6.47. The van der Waals surface area contributed by atoms with Crippen LogP contribution in [-0.4, -0.2) is 21.7 Å². The fourth-order valence-electron chi connectivity index (χ4n) is 2.25. The molecule has 1 amide bonds. The van der Waals surface area contributed by atoms with Gasteiger partial charge in [-0.15, -0.1) is 11.6 Å². The number of carbonyl (C=O) groups is 1. The number of halogens is 1.